The molecule has 0 atom stereocenters. The van der Waals surface area contributed by atoms with Crippen molar-refractivity contribution in [2.75, 3.05) is 0 Å². The number of carbonyl (C=O) groups excluding carboxylic acids is 1. The quantitative estimate of drug-likeness (QED) is 0.185. The molecule has 12 heteroatoms. The maximum atomic E-state index is 13.2. The third-order valence-electron chi connectivity index (χ3n) is 6.62. The third kappa shape index (κ3) is 5.01. The number of carboxylic acids is 2. The summed E-state index contributed by atoms with van der Waals surface area (Å²) in [4.78, 5) is 50.5. The first kappa shape index (κ1) is 26.2. The fourth-order valence-electron chi connectivity index (χ4n) is 4.32. The molecule has 0 unspecified atom stereocenters. The van der Waals surface area contributed by atoms with E-state index >= 15 is 0 Å². The summed E-state index contributed by atoms with van der Waals surface area (Å²) in [6.07, 6.45) is -1.54. The highest BCUT2D eigenvalue weighted by Gasteiger charge is 2.49. The first-order chi connectivity index (χ1) is 19.3. The van der Waals surface area contributed by atoms with Crippen LogP contribution in [0.25, 0.3) is 21.9 Å². The molecule has 3 aromatic carbocycles. The van der Waals surface area contributed by atoms with Crippen molar-refractivity contribution < 1.29 is 33.9 Å². The summed E-state index contributed by atoms with van der Waals surface area (Å²) >= 11 is 0. The predicted octanol–water partition coefficient (Wildman–Crippen LogP) is 3.33. The molecule has 0 spiro atoms. The molecule has 2 heterocycles. The van der Waals surface area contributed by atoms with Crippen LogP contribution in [0.3, 0.4) is 0 Å². The molecule has 5 rings (SSSR count). The maximum absolute atomic E-state index is 13.2. The number of aryl methyl sites for hydroxylation is 1. The highest BCUT2D eigenvalue weighted by Crippen LogP contribution is 2.32. The van der Waals surface area contributed by atoms with Crippen LogP contribution in [0.2, 0.25) is 0 Å². The normalized spacial score (nSPS) is 11.5. The Morgan fingerprint density at radius 3 is 2.40 bits per heavy atom. The summed E-state index contributed by atoms with van der Waals surface area (Å²) in [6.45, 7) is -0.0963. The van der Waals surface area contributed by atoms with Gasteiger partial charge in [-0.1, -0.05) is 52.8 Å². The number of aliphatic carboxylic acids is 2. The van der Waals surface area contributed by atoms with Crippen molar-refractivity contribution in [2.24, 2.45) is 5.41 Å². The molecule has 0 bridgehead atoms. The largest absolute Gasteiger partial charge is 0.489 e. The van der Waals surface area contributed by atoms with Gasteiger partial charge in [-0.2, -0.15) is 0 Å². The zero-order valence-corrected chi connectivity index (χ0v) is 20.9. The van der Waals surface area contributed by atoms with Crippen LogP contribution < -0.4 is 10.3 Å². The number of nitrogens with zero attached hydrogens (tertiary/aromatic N) is 4. The molecule has 0 saturated carbocycles. The zero-order valence-electron chi connectivity index (χ0n) is 20.9. The highest BCUT2D eigenvalue weighted by atomic mass is 16.5. The number of ether oxygens (including phenoxy) is 1. The van der Waals surface area contributed by atoms with E-state index in [4.69, 9.17) is 9.26 Å². The minimum Gasteiger partial charge on any atom is -0.489 e. The van der Waals surface area contributed by atoms with E-state index in [0.29, 0.717) is 17.9 Å². The van der Waals surface area contributed by atoms with Gasteiger partial charge in [-0.05, 0) is 36.2 Å². The lowest BCUT2D eigenvalue weighted by molar-refractivity contribution is -0.165. The van der Waals surface area contributed by atoms with Crippen LogP contribution in [0, 0.1) is 5.41 Å². The van der Waals surface area contributed by atoms with Gasteiger partial charge in [0.05, 0.1) is 10.8 Å². The summed E-state index contributed by atoms with van der Waals surface area (Å²) in [6, 6.07) is 20.6. The lowest BCUT2D eigenvalue weighted by Crippen LogP contribution is -2.43. The summed E-state index contributed by atoms with van der Waals surface area (Å²) in [7, 11) is 0. The van der Waals surface area contributed by atoms with Crippen molar-refractivity contribution >= 4 is 39.6 Å². The molecule has 12 nitrogen and oxygen atoms in total. The SMILES string of the molecule is O=C(CC(CCn1nnc2ccccc2c1=O)(C(=O)O)C(=O)O)c1noc2cc(OCc3ccccc3)ccc12. The number of hydrogen-bond acceptors (Lipinski definition) is 9. The zero-order chi connectivity index (χ0) is 28.3. The van der Waals surface area contributed by atoms with E-state index in [2.05, 4.69) is 15.5 Å². The van der Waals surface area contributed by atoms with Gasteiger partial charge >= 0.3 is 11.9 Å². The number of rotatable bonds is 11. The average Bonchev–Trinajstić information content (AvgIpc) is 3.39. The fraction of sp³-hybridized carbons (Fsp3) is 0.179. The first-order valence-corrected chi connectivity index (χ1v) is 12.2. The highest BCUT2D eigenvalue weighted by molar-refractivity contribution is 6.10. The van der Waals surface area contributed by atoms with Crippen molar-refractivity contribution in [1.82, 2.24) is 20.2 Å². The van der Waals surface area contributed by atoms with Gasteiger partial charge in [0.15, 0.2) is 22.5 Å². The predicted molar refractivity (Wildman–Crippen MR) is 140 cm³/mol. The van der Waals surface area contributed by atoms with Gasteiger partial charge in [0, 0.05) is 19.0 Å². The third-order valence-corrected chi connectivity index (χ3v) is 6.62. The van der Waals surface area contributed by atoms with Crippen molar-refractivity contribution in [3.63, 3.8) is 0 Å². The molecule has 0 fully saturated rings. The van der Waals surface area contributed by atoms with Crippen LogP contribution in [0.15, 0.2) is 82.1 Å². The Balaban J connectivity index is 1.37. The van der Waals surface area contributed by atoms with Crippen LogP contribution in [0.1, 0.15) is 28.9 Å². The topological polar surface area (TPSA) is 175 Å². The smallest absolute Gasteiger partial charge is 0.321 e. The van der Waals surface area contributed by atoms with Gasteiger partial charge in [0.1, 0.15) is 17.9 Å². The number of benzene rings is 3. The molecule has 5 aromatic rings. The second kappa shape index (κ2) is 10.8. The van der Waals surface area contributed by atoms with Gasteiger partial charge in [0.2, 0.25) is 0 Å². The van der Waals surface area contributed by atoms with E-state index in [1.54, 1.807) is 24.3 Å². The van der Waals surface area contributed by atoms with Gasteiger partial charge in [0.25, 0.3) is 5.56 Å². The number of fused-ring (bicyclic) bond motifs is 2. The Labute approximate surface area is 225 Å². The summed E-state index contributed by atoms with van der Waals surface area (Å²) in [5, 5.41) is 31.9. The molecular weight excluding hydrogens is 520 g/mol. The van der Waals surface area contributed by atoms with E-state index in [-0.39, 0.29) is 22.0 Å². The molecule has 0 aliphatic heterocycles. The van der Waals surface area contributed by atoms with Crippen molar-refractivity contribution in [3.8, 4) is 5.75 Å². The van der Waals surface area contributed by atoms with Crippen molar-refractivity contribution in [3.05, 3.63) is 94.4 Å². The number of aromatic nitrogens is 4. The molecule has 0 saturated heterocycles. The molecule has 0 amide bonds. The second-order valence-electron chi connectivity index (χ2n) is 9.14. The van der Waals surface area contributed by atoms with Crippen LogP contribution in [0.5, 0.6) is 5.75 Å². The number of ketones is 1. The summed E-state index contributed by atoms with van der Waals surface area (Å²) in [5.74, 6) is -3.86. The maximum Gasteiger partial charge on any atom is 0.321 e. The monoisotopic (exact) mass is 542 g/mol. The van der Waals surface area contributed by atoms with E-state index in [0.717, 1.165) is 10.2 Å². The second-order valence-corrected chi connectivity index (χ2v) is 9.14. The fourth-order valence-corrected chi connectivity index (χ4v) is 4.32. The van der Waals surface area contributed by atoms with Crippen molar-refractivity contribution in [1.29, 1.82) is 0 Å². The first-order valence-electron chi connectivity index (χ1n) is 12.2. The van der Waals surface area contributed by atoms with Crippen molar-refractivity contribution in [2.45, 2.75) is 26.0 Å². The lowest BCUT2D eigenvalue weighted by Gasteiger charge is -2.23. The molecule has 202 valence electrons. The standard InChI is InChI=1S/C28H22N4O8/c33-22(24-20-11-10-18(14-23(20)40-30-24)39-16-17-6-2-1-3-7-17)15-28(26(35)36,27(37)38)12-13-32-25(34)19-8-4-5-9-21(19)29-31-32/h1-11,14H,12-13,15-16H2,(H,35,36)(H,37,38). The Bertz CT molecular complexity index is 1780. The molecule has 40 heavy (non-hydrogen) atoms. The Morgan fingerprint density at radius 1 is 0.925 bits per heavy atom. The number of Topliss-reactive ketones (excluding diaryl/α,β-unsaturated/α-hetero) is 1. The Kier molecular flexibility index (Phi) is 7.06. The van der Waals surface area contributed by atoms with E-state index in [9.17, 15) is 29.4 Å². The number of carbonyl (C=O) groups is 3. The van der Waals surface area contributed by atoms with Gasteiger partial charge < -0.3 is 19.5 Å². The van der Waals surface area contributed by atoms with Gasteiger partial charge in [-0.3, -0.25) is 19.2 Å². The molecule has 2 aromatic heterocycles. The molecule has 2 N–H and O–H groups in total. The van der Waals surface area contributed by atoms with Gasteiger partial charge in [-0.15, -0.1) is 5.10 Å². The lowest BCUT2D eigenvalue weighted by atomic mass is 9.79. The molecule has 0 aliphatic rings. The Morgan fingerprint density at radius 2 is 1.65 bits per heavy atom. The minimum atomic E-state index is -2.56. The molecule has 0 aliphatic carbocycles. The molecular formula is C28H22N4O8. The number of hydrogen-bond donors (Lipinski definition) is 2. The van der Waals surface area contributed by atoms with E-state index in [1.165, 1.54) is 18.2 Å². The Hall–Kier alpha value is -5.39. The average molecular weight is 543 g/mol. The summed E-state index contributed by atoms with van der Waals surface area (Å²) in [5.41, 5.74) is -1.83. The minimum absolute atomic E-state index is 0.209. The number of carboxylic acid groups (broad SMARTS) is 2. The van der Waals surface area contributed by atoms with Crippen LogP contribution >= 0.6 is 0 Å². The van der Waals surface area contributed by atoms with Crippen LogP contribution in [-0.4, -0.2) is 48.1 Å². The van der Waals surface area contributed by atoms with E-state index < -0.39 is 48.1 Å². The van der Waals surface area contributed by atoms with Crippen LogP contribution in [0.4, 0.5) is 0 Å². The van der Waals surface area contributed by atoms with E-state index in [1.807, 2.05) is 30.3 Å². The summed E-state index contributed by atoms with van der Waals surface area (Å²) < 4.78 is 11.9. The van der Waals surface area contributed by atoms with Crippen LogP contribution in [-0.2, 0) is 22.7 Å². The van der Waals surface area contributed by atoms with Gasteiger partial charge in [-0.25, -0.2) is 4.68 Å². The molecule has 0 radical (unpaired) electrons.